The molecule has 5 amide bonds. The predicted molar refractivity (Wildman–Crippen MR) is 116 cm³/mol. The molecule has 0 atom stereocenters. The van der Waals surface area contributed by atoms with Crippen LogP contribution in [0, 0.1) is 12.7 Å². The molecule has 0 unspecified atom stereocenters. The van der Waals surface area contributed by atoms with Crippen LogP contribution in [0.4, 0.5) is 4.39 Å². The summed E-state index contributed by atoms with van der Waals surface area (Å²) in [4.78, 5) is 60.4. The zero-order valence-electron chi connectivity index (χ0n) is 18.4. The third-order valence-corrected chi connectivity index (χ3v) is 5.39. The fourth-order valence-corrected chi connectivity index (χ4v) is 3.50. The third kappa shape index (κ3) is 7.52. The van der Waals surface area contributed by atoms with Gasteiger partial charge in [0.1, 0.15) is 11.4 Å². The van der Waals surface area contributed by atoms with Crippen LogP contribution in [0.25, 0.3) is 0 Å². The standard InChI is InChI=1S/C21H29FN6O5/c1-14-2-3-15(8-16(14)22)9-24-12-19(32)28-6-4-21(5-7-28,20(33)26-10-17(23)30)27-18(31)11-25-13-29/h2-3,8,13,24H,4-7,9-12H2,1H3,(H2,23,30)(H,25,29)(H,26,33)(H,27,31). The van der Waals surface area contributed by atoms with E-state index < -0.39 is 29.8 Å². The predicted octanol–water partition coefficient (Wildman–Crippen LogP) is -1.95. The van der Waals surface area contributed by atoms with Crippen molar-refractivity contribution in [3.8, 4) is 0 Å². The summed E-state index contributed by atoms with van der Waals surface area (Å²) in [6, 6.07) is 4.85. The number of amides is 5. The number of benzene rings is 1. The van der Waals surface area contributed by atoms with Crippen LogP contribution in [0.3, 0.4) is 0 Å². The van der Waals surface area contributed by atoms with E-state index in [1.54, 1.807) is 24.0 Å². The van der Waals surface area contributed by atoms with E-state index in [1.807, 2.05) is 0 Å². The highest BCUT2D eigenvalue weighted by molar-refractivity contribution is 5.94. The lowest BCUT2D eigenvalue weighted by Gasteiger charge is -2.41. The average Bonchev–Trinajstić information content (AvgIpc) is 2.78. The van der Waals surface area contributed by atoms with Crippen LogP contribution in [0.15, 0.2) is 18.2 Å². The van der Waals surface area contributed by atoms with Crippen LogP contribution >= 0.6 is 0 Å². The minimum atomic E-state index is -1.35. The number of nitrogens with one attached hydrogen (secondary N) is 4. The Morgan fingerprint density at radius 1 is 1.15 bits per heavy atom. The number of hydrogen-bond donors (Lipinski definition) is 5. The first-order valence-corrected chi connectivity index (χ1v) is 10.4. The summed E-state index contributed by atoms with van der Waals surface area (Å²) in [6.07, 6.45) is 0.581. The van der Waals surface area contributed by atoms with Crippen LogP contribution in [-0.4, -0.2) is 73.2 Å². The van der Waals surface area contributed by atoms with Crippen molar-refractivity contribution in [3.05, 3.63) is 35.1 Å². The number of nitrogens with two attached hydrogens (primary N) is 1. The Balaban J connectivity index is 1.93. The number of rotatable bonds is 11. The number of hydrogen-bond acceptors (Lipinski definition) is 6. The van der Waals surface area contributed by atoms with Crippen molar-refractivity contribution in [2.75, 3.05) is 32.7 Å². The van der Waals surface area contributed by atoms with Crippen molar-refractivity contribution < 1.29 is 28.4 Å². The first kappa shape index (κ1) is 25.7. The van der Waals surface area contributed by atoms with Gasteiger partial charge >= 0.3 is 0 Å². The van der Waals surface area contributed by atoms with Crippen molar-refractivity contribution in [3.63, 3.8) is 0 Å². The zero-order valence-corrected chi connectivity index (χ0v) is 18.4. The molecule has 12 heteroatoms. The lowest BCUT2D eigenvalue weighted by molar-refractivity contribution is -0.140. The van der Waals surface area contributed by atoms with Gasteiger partial charge in [0.25, 0.3) is 0 Å². The number of nitrogens with zero attached hydrogens (tertiary/aromatic N) is 1. The van der Waals surface area contributed by atoms with Gasteiger partial charge in [0.15, 0.2) is 0 Å². The maximum atomic E-state index is 13.6. The van der Waals surface area contributed by atoms with E-state index in [9.17, 15) is 28.4 Å². The van der Waals surface area contributed by atoms with Crippen LogP contribution in [0.5, 0.6) is 0 Å². The van der Waals surface area contributed by atoms with E-state index >= 15 is 0 Å². The Morgan fingerprint density at radius 3 is 2.45 bits per heavy atom. The van der Waals surface area contributed by atoms with Crippen LogP contribution < -0.4 is 27.0 Å². The fraction of sp³-hybridized carbons (Fsp3) is 0.476. The number of primary amides is 1. The molecule has 1 saturated heterocycles. The first-order valence-electron chi connectivity index (χ1n) is 10.4. The number of halogens is 1. The van der Waals surface area contributed by atoms with Crippen LogP contribution in [0.1, 0.15) is 24.0 Å². The monoisotopic (exact) mass is 464 g/mol. The molecule has 11 nitrogen and oxygen atoms in total. The SMILES string of the molecule is Cc1ccc(CNCC(=O)N2CCC(NC(=O)CNC=O)(C(=O)NCC(N)=O)CC2)cc1F. The molecule has 0 bridgehead atoms. The van der Waals surface area contributed by atoms with Gasteiger partial charge in [0.2, 0.25) is 30.0 Å². The Labute approximate surface area is 190 Å². The molecule has 0 radical (unpaired) electrons. The van der Waals surface area contributed by atoms with E-state index in [1.165, 1.54) is 6.07 Å². The molecule has 1 heterocycles. The summed E-state index contributed by atoms with van der Waals surface area (Å²) in [5.74, 6) is -2.43. The van der Waals surface area contributed by atoms with Gasteiger partial charge < -0.3 is 31.9 Å². The highest BCUT2D eigenvalue weighted by atomic mass is 19.1. The Morgan fingerprint density at radius 2 is 1.85 bits per heavy atom. The van der Waals surface area contributed by atoms with Crippen molar-refractivity contribution in [2.24, 2.45) is 5.73 Å². The van der Waals surface area contributed by atoms with Crippen molar-refractivity contribution >= 4 is 30.0 Å². The molecule has 0 saturated carbocycles. The van der Waals surface area contributed by atoms with Gasteiger partial charge in [-0.1, -0.05) is 12.1 Å². The van der Waals surface area contributed by atoms with Crippen LogP contribution in [0.2, 0.25) is 0 Å². The smallest absolute Gasteiger partial charge is 0.246 e. The summed E-state index contributed by atoms with van der Waals surface area (Å²) < 4.78 is 13.6. The molecule has 1 fully saturated rings. The molecule has 1 aromatic rings. The number of carbonyl (C=O) groups is 5. The molecule has 0 spiro atoms. The van der Waals surface area contributed by atoms with E-state index in [0.717, 1.165) is 0 Å². The van der Waals surface area contributed by atoms with Crippen LogP contribution in [-0.2, 0) is 30.5 Å². The Kier molecular flexibility index (Phi) is 9.28. The largest absolute Gasteiger partial charge is 0.368 e. The second-order valence-corrected chi connectivity index (χ2v) is 7.85. The molecule has 1 aliphatic heterocycles. The van der Waals surface area contributed by atoms with Gasteiger partial charge in [-0.15, -0.1) is 0 Å². The normalized spacial score (nSPS) is 14.8. The zero-order chi connectivity index (χ0) is 24.4. The topological polar surface area (TPSA) is 163 Å². The first-order chi connectivity index (χ1) is 15.7. The second kappa shape index (κ2) is 11.9. The maximum Gasteiger partial charge on any atom is 0.246 e. The number of carbonyl (C=O) groups excluding carboxylic acids is 5. The highest BCUT2D eigenvalue weighted by Crippen LogP contribution is 2.23. The van der Waals surface area contributed by atoms with Gasteiger partial charge in [0, 0.05) is 19.6 Å². The summed E-state index contributed by atoms with van der Waals surface area (Å²) in [5.41, 5.74) is 4.98. The summed E-state index contributed by atoms with van der Waals surface area (Å²) in [5, 5.41) is 10.2. The fourth-order valence-electron chi connectivity index (χ4n) is 3.50. The lowest BCUT2D eigenvalue weighted by Crippen LogP contribution is -2.65. The van der Waals surface area contributed by atoms with E-state index in [-0.39, 0.29) is 50.7 Å². The molecule has 0 aromatic heterocycles. The van der Waals surface area contributed by atoms with Gasteiger partial charge in [-0.25, -0.2) is 4.39 Å². The lowest BCUT2D eigenvalue weighted by atomic mass is 9.86. The minimum absolute atomic E-state index is 0.0198. The highest BCUT2D eigenvalue weighted by Gasteiger charge is 2.43. The molecule has 6 N–H and O–H groups in total. The molecule has 1 aromatic carbocycles. The van der Waals surface area contributed by atoms with Gasteiger partial charge in [-0.05, 0) is 37.0 Å². The summed E-state index contributed by atoms with van der Waals surface area (Å²) in [6.45, 7) is 1.66. The Bertz CT molecular complexity index is 901. The van der Waals surface area contributed by atoms with Crippen molar-refractivity contribution in [2.45, 2.75) is 31.8 Å². The summed E-state index contributed by atoms with van der Waals surface area (Å²) >= 11 is 0. The third-order valence-electron chi connectivity index (χ3n) is 5.39. The van der Waals surface area contributed by atoms with E-state index in [4.69, 9.17) is 5.73 Å². The average molecular weight is 464 g/mol. The maximum absolute atomic E-state index is 13.6. The number of aryl methyl sites for hydroxylation is 1. The molecular formula is C21H29FN6O5. The van der Waals surface area contributed by atoms with Crippen molar-refractivity contribution in [1.29, 1.82) is 0 Å². The quantitative estimate of drug-likeness (QED) is 0.239. The van der Waals surface area contributed by atoms with Gasteiger partial charge in [-0.3, -0.25) is 24.0 Å². The number of piperidine rings is 1. The number of likely N-dealkylation sites (tertiary alicyclic amines) is 1. The summed E-state index contributed by atoms with van der Waals surface area (Å²) in [7, 11) is 0. The minimum Gasteiger partial charge on any atom is -0.368 e. The molecule has 180 valence electrons. The molecule has 0 aliphatic carbocycles. The van der Waals surface area contributed by atoms with Crippen molar-refractivity contribution in [1.82, 2.24) is 26.2 Å². The Hall–Kier alpha value is -3.54. The van der Waals surface area contributed by atoms with E-state index in [0.29, 0.717) is 24.1 Å². The second-order valence-electron chi connectivity index (χ2n) is 7.85. The van der Waals surface area contributed by atoms with Gasteiger partial charge in [0.05, 0.1) is 19.6 Å². The molecule has 1 aliphatic rings. The molecule has 33 heavy (non-hydrogen) atoms. The molecule has 2 rings (SSSR count). The molecular weight excluding hydrogens is 435 g/mol. The van der Waals surface area contributed by atoms with E-state index in [2.05, 4.69) is 21.3 Å². The van der Waals surface area contributed by atoms with Gasteiger partial charge in [-0.2, -0.15) is 0 Å².